The predicted molar refractivity (Wildman–Crippen MR) is 154 cm³/mol. The summed E-state index contributed by atoms with van der Waals surface area (Å²) in [6.45, 7) is 0.381. The smallest absolute Gasteiger partial charge is 0.298 e. The summed E-state index contributed by atoms with van der Waals surface area (Å²) in [5.74, 6) is 0.773. The second-order valence-corrected chi connectivity index (χ2v) is 10.5. The molecule has 0 aromatic heterocycles. The number of thioether (sulfide) groups is 1. The van der Waals surface area contributed by atoms with Gasteiger partial charge in [-0.15, -0.1) is 0 Å². The fourth-order valence-electron chi connectivity index (χ4n) is 3.99. The Morgan fingerprint density at radius 2 is 1.78 bits per heavy atom. The summed E-state index contributed by atoms with van der Waals surface area (Å²) >= 11 is 9.13. The van der Waals surface area contributed by atoms with Crippen molar-refractivity contribution in [1.82, 2.24) is 0 Å². The number of halogens is 2. The first-order chi connectivity index (χ1) is 17.4. The zero-order valence-corrected chi connectivity index (χ0v) is 22.8. The molecular weight excluding hydrogens is 609 g/mol. The molecule has 0 spiro atoms. The van der Waals surface area contributed by atoms with Crippen LogP contribution in [-0.2, 0) is 11.4 Å². The summed E-state index contributed by atoms with van der Waals surface area (Å²) < 4.78 is 12.6. The zero-order chi connectivity index (χ0) is 25.2. The Balaban J connectivity index is 1.41. The van der Waals surface area contributed by atoms with Crippen LogP contribution >= 0.6 is 46.0 Å². The molecule has 4 aromatic rings. The number of fused-ring (bicyclic) bond motifs is 1. The standard InChI is InChI=1S/C28H19ClINO4S/c1-34-24-13-17(14-25-27(32)31(28(33)36-25)21-10-5-9-20(29)15-21)12-23(30)26(24)35-16-19-8-4-7-18-6-2-3-11-22(18)19/h2-15H,16H2,1H3/b25-14+. The number of methoxy groups -OCH3 is 1. The van der Waals surface area contributed by atoms with Gasteiger partial charge in [0, 0.05) is 5.02 Å². The summed E-state index contributed by atoms with van der Waals surface area (Å²) in [7, 11) is 1.58. The van der Waals surface area contributed by atoms with Crippen LogP contribution in [0, 0.1) is 3.57 Å². The molecule has 0 bridgehead atoms. The highest BCUT2D eigenvalue weighted by atomic mass is 127. The van der Waals surface area contributed by atoms with Gasteiger partial charge in [-0.05, 0) is 92.7 Å². The lowest BCUT2D eigenvalue weighted by Gasteiger charge is -2.15. The number of anilines is 1. The van der Waals surface area contributed by atoms with E-state index in [-0.39, 0.29) is 5.24 Å². The first-order valence-electron chi connectivity index (χ1n) is 10.9. The summed E-state index contributed by atoms with van der Waals surface area (Å²) in [5, 5.41) is 2.38. The molecule has 1 aliphatic heterocycles. The summed E-state index contributed by atoms with van der Waals surface area (Å²) in [6.07, 6.45) is 1.69. The van der Waals surface area contributed by atoms with Gasteiger partial charge in [0.05, 0.1) is 21.3 Å². The van der Waals surface area contributed by atoms with E-state index in [9.17, 15) is 9.59 Å². The number of hydrogen-bond donors (Lipinski definition) is 0. The van der Waals surface area contributed by atoms with E-state index in [4.69, 9.17) is 21.1 Å². The minimum atomic E-state index is -0.391. The van der Waals surface area contributed by atoms with E-state index in [1.165, 1.54) is 0 Å². The fourth-order valence-corrected chi connectivity index (χ4v) is 5.80. The Labute approximate surface area is 231 Å². The SMILES string of the molecule is COc1cc(/C=C2/SC(=O)N(c3cccc(Cl)c3)C2=O)cc(I)c1OCc1cccc2ccccc12. The molecule has 5 rings (SSSR count). The van der Waals surface area contributed by atoms with Crippen molar-refractivity contribution in [3.05, 3.63) is 103 Å². The largest absolute Gasteiger partial charge is 0.493 e. The molecule has 0 aliphatic carbocycles. The van der Waals surface area contributed by atoms with Crippen LogP contribution in [0.1, 0.15) is 11.1 Å². The number of amides is 2. The maximum Gasteiger partial charge on any atom is 0.298 e. The second kappa shape index (κ2) is 10.5. The van der Waals surface area contributed by atoms with Crippen molar-refractivity contribution in [2.45, 2.75) is 6.61 Å². The average molecular weight is 628 g/mol. The Morgan fingerprint density at radius 3 is 2.58 bits per heavy atom. The van der Waals surface area contributed by atoms with E-state index in [1.807, 2.05) is 30.3 Å². The Kier molecular flexibility index (Phi) is 7.22. The molecule has 1 aliphatic rings. The van der Waals surface area contributed by atoms with Gasteiger partial charge >= 0.3 is 0 Å². The van der Waals surface area contributed by atoms with Gasteiger partial charge in [-0.2, -0.15) is 0 Å². The highest BCUT2D eigenvalue weighted by molar-refractivity contribution is 14.1. The molecule has 0 unspecified atom stereocenters. The van der Waals surface area contributed by atoms with Crippen LogP contribution in [0.5, 0.6) is 11.5 Å². The van der Waals surface area contributed by atoms with Gasteiger partial charge in [-0.1, -0.05) is 60.1 Å². The molecule has 1 fully saturated rings. The van der Waals surface area contributed by atoms with E-state index in [0.29, 0.717) is 33.7 Å². The molecule has 0 radical (unpaired) electrons. The van der Waals surface area contributed by atoms with E-state index in [1.54, 1.807) is 43.5 Å². The molecule has 4 aromatic carbocycles. The molecule has 36 heavy (non-hydrogen) atoms. The fraction of sp³-hybridized carbons (Fsp3) is 0.0714. The predicted octanol–water partition coefficient (Wildman–Crippen LogP) is 7.93. The molecular formula is C28H19ClINO4S. The number of carbonyl (C=O) groups excluding carboxylic acids is 2. The first-order valence-corrected chi connectivity index (χ1v) is 13.2. The number of imide groups is 1. The van der Waals surface area contributed by atoms with Gasteiger partial charge in [-0.25, -0.2) is 4.90 Å². The van der Waals surface area contributed by atoms with Crippen molar-refractivity contribution in [3.8, 4) is 11.5 Å². The Morgan fingerprint density at radius 1 is 1.00 bits per heavy atom. The van der Waals surface area contributed by atoms with Crippen LogP contribution in [0.25, 0.3) is 16.8 Å². The van der Waals surface area contributed by atoms with Gasteiger partial charge < -0.3 is 9.47 Å². The molecule has 8 heteroatoms. The van der Waals surface area contributed by atoms with Gasteiger partial charge in [0.1, 0.15) is 6.61 Å². The van der Waals surface area contributed by atoms with Crippen molar-refractivity contribution >= 4 is 79.6 Å². The lowest BCUT2D eigenvalue weighted by molar-refractivity contribution is -0.113. The molecule has 5 nitrogen and oxygen atoms in total. The third-order valence-corrected chi connectivity index (χ3v) is 7.57. The number of hydrogen-bond acceptors (Lipinski definition) is 5. The third-order valence-electron chi connectivity index (χ3n) is 5.66. The summed E-state index contributed by atoms with van der Waals surface area (Å²) in [6, 6.07) is 24.7. The highest BCUT2D eigenvalue weighted by Gasteiger charge is 2.36. The van der Waals surface area contributed by atoms with Crippen molar-refractivity contribution < 1.29 is 19.1 Å². The lowest BCUT2D eigenvalue weighted by Crippen LogP contribution is -2.27. The monoisotopic (exact) mass is 627 g/mol. The molecule has 180 valence electrons. The van der Waals surface area contributed by atoms with E-state index in [0.717, 1.165) is 42.1 Å². The molecule has 0 saturated carbocycles. The third kappa shape index (κ3) is 4.96. The topological polar surface area (TPSA) is 55.8 Å². The van der Waals surface area contributed by atoms with E-state index >= 15 is 0 Å². The van der Waals surface area contributed by atoms with Crippen LogP contribution in [0.2, 0.25) is 5.02 Å². The zero-order valence-electron chi connectivity index (χ0n) is 19.0. The Bertz CT molecular complexity index is 1530. The number of benzene rings is 4. The number of ether oxygens (including phenoxy) is 2. The first kappa shape index (κ1) is 24.7. The molecule has 2 amide bonds. The minimum Gasteiger partial charge on any atom is -0.493 e. The van der Waals surface area contributed by atoms with Crippen LogP contribution in [0.3, 0.4) is 0 Å². The number of nitrogens with zero attached hydrogens (tertiary/aromatic N) is 1. The number of rotatable bonds is 6. The van der Waals surface area contributed by atoms with Crippen LogP contribution in [0.15, 0.2) is 83.8 Å². The van der Waals surface area contributed by atoms with Gasteiger partial charge in [0.25, 0.3) is 11.1 Å². The maximum atomic E-state index is 13.0. The van der Waals surface area contributed by atoms with E-state index < -0.39 is 5.91 Å². The van der Waals surface area contributed by atoms with E-state index in [2.05, 4.69) is 40.8 Å². The van der Waals surface area contributed by atoms with Crippen LogP contribution in [-0.4, -0.2) is 18.3 Å². The van der Waals surface area contributed by atoms with Gasteiger partial charge in [0.2, 0.25) is 0 Å². The molecule has 1 saturated heterocycles. The number of carbonyl (C=O) groups is 2. The quantitative estimate of drug-likeness (QED) is 0.161. The minimum absolute atomic E-state index is 0.322. The van der Waals surface area contributed by atoms with Crippen molar-refractivity contribution in [2.24, 2.45) is 0 Å². The normalized spacial score (nSPS) is 14.6. The molecule has 0 N–H and O–H groups in total. The van der Waals surface area contributed by atoms with Crippen LogP contribution < -0.4 is 14.4 Å². The summed E-state index contributed by atoms with van der Waals surface area (Å²) in [5.41, 5.74) is 2.24. The van der Waals surface area contributed by atoms with Crippen molar-refractivity contribution in [2.75, 3.05) is 12.0 Å². The average Bonchev–Trinajstić information content (AvgIpc) is 3.15. The molecule has 1 heterocycles. The lowest BCUT2D eigenvalue weighted by atomic mass is 10.1. The van der Waals surface area contributed by atoms with Crippen LogP contribution in [0.4, 0.5) is 10.5 Å². The van der Waals surface area contributed by atoms with Crippen molar-refractivity contribution in [1.29, 1.82) is 0 Å². The highest BCUT2D eigenvalue weighted by Crippen LogP contribution is 2.39. The van der Waals surface area contributed by atoms with Gasteiger partial charge in [-0.3, -0.25) is 9.59 Å². The Hall–Kier alpha value is -3.01. The second-order valence-electron chi connectivity index (χ2n) is 7.96. The van der Waals surface area contributed by atoms with Crippen molar-refractivity contribution in [3.63, 3.8) is 0 Å². The summed E-state index contributed by atoms with van der Waals surface area (Å²) in [4.78, 5) is 27.1. The molecule has 0 atom stereocenters. The van der Waals surface area contributed by atoms with Gasteiger partial charge in [0.15, 0.2) is 11.5 Å². The maximum absolute atomic E-state index is 13.0.